The molecule has 3 rings (SSSR count). The number of aromatic nitrogens is 1. The molecule has 0 saturated carbocycles. The molecular weight excluding hydrogens is 282 g/mol. The van der Waals surface area contributed by atoms with Crippen LogP contribution in [0.15, 0.2) is 54.6 Å². The Morgan fingerprint density at radius 1 is 1.14 bits per heavy atom. The van der Waals surface area contributed by atoms with Crippen molar-refractivity contribution in [3.05, 3.63) is 60.2 Å². The molecule has 106 valence electrons. The molecule has 0 aliphatic heterocycles. The number of carbonyl (C=O) groups excluding carboxylic acids is 1. The lowest BCUT2D eigenvalue weighted by Gasteiger charge is -2.13. The van der Waals surface area contributed by atoms with E-state index in [2.05, 4.69) is 10.3 Å². The summed E-state index contributed by atoms with van der Waals surface area (Å²) < 4.78 is 1.05. The highest BCUT2D eigenvalue weighted by atomic mass is 32.1. The fraction of sp³-hybridized carbons (Fsp3) is 0.125. The molecule has 0 spiro atoms. The lowest BCUT2D eigenvalue weighted by atomic mass is 9.99. The van der Waals surface area contributed by atoms with Gasteiger partial charge in [0.2, 0.25) is 5.91 Å². The predicted octanol–water partition coefficient (Wildman–Crippen LogP) is 2.98. The largest absolute Gasteiger partial charge is 0.329 e. The van der Waals surface area contributed by atoms with Crippen molar-refractivity contribution in [3.8, 4) is 0 Å². The number of nitrogens with one attached hydrogen (secondary N) is 1. The van der Waals surface area contributed by atoms with Crippen molar-refractivity contribution in [2.75, 3.05) is 11.9 Å². The molecule has 5 heteroatoms. The molecule has 1 aromatic heterocycles. The van der Waals surface area contributed by atoms with Gasteiger partial charge in [0, 0.05) is 6.54 Å². The van der Waals surface area contributed by atoms with Gasteiger partial charge in [0.05, 0.1) is 16.1 Å². The Morgan fingerprint density at radius 2 is 1.86 bits per heavy atom. The molecule has 2 aromatic carbocycles. The SMILES string of the molecule is NCC(C(=O)Nc1nc2ccccc2s1)c1ccccc1. The van der Waals surface area contributed by atoms with Crippen molar-refractivity contribution < 1.29 is 4.79 Å². The topological polar surface area (TPSA) is 68.0 Å². The highest BCUT2D eigenvalue weighted by Gasteiger charge is 2.20. The Balaban J connectivity index is 1.81. The number of hydrogen-bond donors (Lipinski definition) is 2. The van der Waals surface area contributed by atoms with Crippen LogP contribution in [0, 0.1) is 0 Å². The van der Waals surface area contributed by atoms with Crippen molar-refractivity contribution in [2.24, 2.45) is 5.73 Å². The third-order valence-electron chi connectivity index (χ3n) is 3.28. The lowest BCUT2D eigenvalue weighted by molar-refractivity contribution is -0.117. The number of benzene rings is 2. The van der Waals surface area contributed by atoms with Crippen molar-refractivity contribution in [3.63, 3.8) is 0 Å². The number of nitrogens with zero attached hydrogens (tertiary/aromatic N) is 1. The summed E-state index contributed by atoms with van der Waals surface area (Å²) in [4.78, 5) is 16.8. The molecule has 1 heterocycles. The van der Waals surface area contributed by atoms with E-state index in [0.717, 1.165) is 15.8 Å². The molecule has 3 aromatic rings. The van der Waals surface area contributed by atoms with Crippen LogP contribution in [0.3, 0.4) is 0 Å². The standard InChI is InChI=1S/C16H15N3OS/c17-10-12(11-6-2-1-3-7-11)15(20)19-16-18-13-8-4-5-9-14(13)21-16/h1-9,12H,10,17H2,(H,18,19,20). The third kappa shape index (κ3) is 2.94. The minimum Gasteiger partial charge on any atom is -0.329 e. The van der Waals surface area contributed by atoms with Gasteiger partial charge in [-0.3, -0.25) is 4.79 Å². The zero-order valence-corrected chi connectivity index (χ0v) is 12.1. The van der Waals surface area contributed by atoms with E-state index in [9.17, 15) is 4.79 Å². The molecule has 4 nitrogen and oxygen atoms in total. The molecule has 3 N–H and O–H groups in total. The van der Waals surface area contributed by atoms with E-state index < -0.39 is 0 Å². The number of nitrogens with two attached hydrogens (primary N) is 1. The smallest absolute Gasteiger partial charge is 0.234 e. The van der Waals surface area contributed by atoms with E-state index >= 15 is 0 Å². The number of fused-ring (bicyclic) bond motifs is 1. The summed E-state index contributed by atoms with van der Waals surface area (Å²) >= 11 is 1.46. The Morgan fingerprint density at radius 3 is 2.57 bits per heavy atom. The third-order valence-corrected chi connectivity index (χ3v) is 4.23. The molecule has 0 bridgehead atoms. The van der Waals surface area contributed by atoms with E-state index in [1.165, 1.54) is 11.3 Å². The fourth-order valence-electron chi connectivity index (χ4n) is 2.20. The summed E-state index contributed by atoms with van der Waals surface area (Å²) in [5.41, 5.74) is 7.56. The van der Waals surface area contributed by atoms with Gasteiger partial charge in [0.1, 0.15) is 0 Å². The van der Waals surface area contributed by atoms with Crippen LogP contribution < -0.4 is 11.1 Å². The average Bonchev–Trinajstić information content (AvgIpc) is 2.91. The molecule has 1 unspecified atom stereocenters. The first-order chi connectivity index (χ1) is 10.3. The fourth-order valence-corrected chi connectivity index (χ4v) is 3.07. The van der Waals surface area contributed by atoms with Gasteiger partial charge in [-0.05, 0) is 17.7 Å². The minimum atomic E-state index is -0.363. The molecule has 0 radical (unpaired) electrons. The van der Waals surface area contributed by atoms with Crippen molar-refractivity contribution >= 4 is 32.6 Å². The number of hydrogen-bond acceptors (Lipinski definition) is 4. The highest BCUT2D eigenvalue weighted by molar-refractivity contribution is 7.22. The van der Waals surface area contributed by atoms with Crippen molar-refractivity contribution in [1.82, 2.24) is 4.98 Å². The first-order valence-electron chi connectivity index (χ1n) is 6.69. The summed E-state index contributed by atoms with van der Waals surface area (Å²) in [6.07, 6.45) is 0. The first kappa shape index (κ1) is 13.7. The first-order valence-corrected chi connectivity index (χ1v) is 7.51. The molecule has 21 heavy (non-hydrogen) atoms. The number of amides is 1. The van der Waals surface area contributed by atoms with Gasteiger partial charge in [-0.15, -0.1) is 0 Å². The molecular formula is C16H15N3OS. The second-order valence-corrected chi connectivity index (χ2v) is 5.71. The van der Waals surface area contributed by atoms with Crippen LogP contribution in [0.1, 0.15) is 11.5 Å². The van der Waals surface area contributed by atoms with Crippen LogP contribution in [-0.2, 0) is 4.79 Å². The summed E-state index contributed by atoms with van der Waals surface area (Å²) in [6, 6.07) is 17.4. The number of para-hydroxylation sites is 1. The Bertz CT molecular complexity index is 721. The maximum absolute atomic E-state index is 12.4. The zero-order chi connectivity index (χ0) is 14.7. The van der Waals surface area contributed by atoms with Crippen molar-refractivity contribution in [1.29, 1.82) is 0 Å². The Hall–Kier alpha value is -2.24. The van der Waals surface area contributed by atoms with Crippen LogP contribution in [-0.4, -0.2) is 17.4 Å². The molecule has 1 amide bonds. The maximum atomic E-state index is 12.4. The second-order valence-electron chi connectivity index (χ2n) is 4.67. The maximum Gasteiger partial charge on any atom is 0.234 e. The van der Waals surface area contributed by atoms with Gasteiger partial charge in [-0.1, -0.05) is 53.8 Å². The van der Waals surface area contributed by atoms with Crippen molar-refractivity contribution in [2.45, 2.75) is 5.92 Å². The highest BCUT2D eigenvalue weighted by Crippen LogP contribution is 2.26. The van der Waals surface area contributed by atoms with Crippen LogP contribution in [0.4, 0.5) is 5.13 Å². The van der Waals surface area contributed by atoms with E-state index in [4.69, 9.17) is 5.73 Å². The molecule has 0 fully saturated rings. The van der Waals surface area contributed by atoms with E-state index in [0.29, 0.717) is 5.13 Å². The zero-order valence-electron chi connectivity index (χ0n) is 11.3. The van der Waals surface area contributed by atoms with Crippen LogP contribution in [0.5, 0.6) is 0 Å². The van der Waals surface area contributed by atoms with Gasteiger partial charge in [-0.2, -0.15) is 0 Å². The van der Waals surface area contributed by atoms with Crippen LogP contribution >= 0.6 is 11.3 Å². The van der Waals surface area contributed by atoms with Gasteiger partial charge in [-0.25, -0.2) is 4.98 Å². The summed E-state index contributed by atoms with van der Waals surface area (Å²) in [6.45, 7) is 0.265. The number of anilines is 1. The van der Waals surface area contributed by atoms with Crippen LogP contribution in [0.2, 0.25) is 0 Å². The van der Waals surface area contributed by atoms with E-state index in [-0.39, 0.29) is 18.4 Å². The monoisotopic (exact) mass is 297 g/mol. The van der Waals surface area contributed by atoms with Gasteiger partial charge in [0.15, 0.2) is 5.13 Å². The Kier molecular flexibility index (Phi) is 3.94. The molecule has 1 atom stereocenters. The number of rotatable bonds is 4. The molecule has 0 aliphatic carbocycles. The summed E-state index contributed by atoms with van der Waals surface area (Å²) in [5.74, 6) is -0.485. The second kappa shape index (κ2) is 6.03. The van der Waals surface area contributed by atoms with Gasteiger partial charge < -0.3 is 11.1 Å². The van der Waals surface area contributed by atoms with Crippen LogP contribution in [0.25, 0.3) is 10.2 Å². The lowest BCUT2D eigenvalue weighted by Crippen LogP contribution is -2.27. The van der Waals surface area contributed by atoms with Gasteiger partial charge >= 0.3 is 0 Å². The summed E-state index contributed by atoms with van der Waals surface area (Å²) in [5, 5.41) is 3.48. The average molecular weight is 297 g/mol. The van der Waals surface area contributed by atoms with Gasteiger partial charge in [0.25, 0.3) is 0 Å². The predicted molar refractivity (Wildman–Crippen MR) is 86.5 cm³/mol. The number of carbonyl (C=O) groups is 1. The number of thiazole rings is 1. The quantitative estimate of drug-likeness (QED) is 0.778. The molecule has 0 saturated heterocycles. The van der Waals surface area contributed by atoms with E-state index in [1.807, 2.05) is 54.6 Å². The normalized spacial score (nSPS) is 12.2. The molecule has 0 aliphatic rings. The minimum absolute atomic E-state index is 0.122. The summed E-state index contributed by atoms with van der Waals surface area (Å²) in [7, 11) is 0. The van der Waals surface area contributed by atoms with E-state index in [1.54, 1.807) is 0 Å². The Labute approximate surface area is 126 Å².